The van der Waals surface area contributed by atoms with Crippen LogP contribution in [0.2, 0.25) is 0 Å². The Morgan fingerprint density at radius 1 is 0.950 bits per heavy atom. The average Bonchev–Trinajstić information content (AvgIpc) is 3.25. The zero-order valence-corrected chi connectivity index (χ0v) is 23.8. The lowest BCUT2D eigenvalue weighted by atomic mass is 10.1. The molecule has 1 heterocycles. The summed E-state index contributed by atoms with van der Waals surface area (Å²) < 4.78 is 21.5. The summed E-state index contributed by atoms with van der Waals surface area (Å²) in [5.74, 6) is 2.23. The monoisotopic (exact) mass is 563 g/mol. The van der Waals surface area contributed by atoms with E-state index in [9.17, 15) is 9.59 Å². The van der Waals surface area contributed by atoms with Gasteiger partial charge < -0.3 is 24.3 Å². The first kappa shape index (κ1) is 28.8. The van der Waals surface area contributed by atoms with Gasteiger partial charge in [-0.15, -0.1) is 0 Å². The number of benzene rings is 3. The number of amides is 2. The molecule has 0 aliphatic carbocycles. The third kappa shape index (κ3) is 7.26. The number of rotatable bonds is 12. The van der Waals surface area contributed by atoms with Crippen LogP contribution >= 0.6 is 11.8 Å². The molecular weight excluding hydrogens is 530 g/mol. The van der Waals surface area contributed by atoms with Crippen molar-refractivity contribution in [1.29, 1.82) is 0 Å². The highest BCUT2D eigenvalue weighted by Gasteiger charge is 2.39. The van der Waals surface area contributed by atoms with Crippen molar-refractivity contribution in [3.05, 3.63) is 72.3 Å². The predicted molar refractivity (Wildman–Crippen MR) is 157 cm³/mol. The van der Waals surface area contributed by atoms with Crippen molar-refractivity contribution < 1.29 is 28.5 Å². The van der Waals surface area contributed by atoms with Crippen molar-refractivity contribution in [2.24, 2.45) is 4.99 Å². The normalized spacial score (nSPS) is 15.7. The lowest BCUT2D eigenvalue weighted by Crippen LogP contribution is -2.35. The van der Waals surface area contributed by atoms with Crippen molar-refractivity contribution in [3.8, 4) is 23.0 Å². The van der Waals surface area contributed by atoms with Gasteiger partial charge in [-0.25, -0.2) is 4.99 Å². The van der Waals surface area contributed by atoms with Crippen LogP contribution in [-0.4, -0.2) is 61.6 Å². The quantitative estimate of drug-likeness (QED) is 0.319. The molecular formula is C30H33N3O6S. The molecule has 9 nitrogen and oxygen atoms in total. The minimum Gasteiger partial charge on any atom is -0.497 e. The molecule has 0 radical (unpaired) electrons. The summed E-state index contributed by atoms with van der Waals surface area (Å²) in [5.41, 5.74) is 2.28. The molecule has 40 heavy (non-hydrogen) atoms. The van der Waals surface area contributed by atoms with Gasteiger partial charge in [-0.2, -0.15) is 0 Å². The standard InChI is InChI=1S/C30H33N3O6S/c1-5-39-24-8-6-7-22(18-24)31-28(34)19-27-29(35)33(16-15-20-9-14-25(37-3)26(17-20)38-4)30(40-27)32-21-10-12-23(36-2)13-11-21/h6-14,17-18,27H,5,15-16,19H2,1-4H3,(H,31,34)/t27-/m0/s1. The van der Waals surface area contributed by atoms with Crippen molar-refractivity contribution >= 4 is 40.1 Å². The topological polar surface area (TPSA) is 98.7 Å². The highest BCUT2D eigenvalue weighted by Crippen LogP contribution is 2.33. The van der Waals surface area contributed by atoms with Gasteiger partial charge in [0.25, 0.3) is 0 Å². The van der Waals surface area contributed by atoms with Gasteiger partial charge in [-0.05, 0) is 67.4 Å². The van der Waals surface area contributed by atoms with Gasteiger partial charge in [0.2, 0.25) is 11.8 Å². The Labute approximate surface area is 238 Å². The second kappa shape index (κ2) is 13.7. The van der Waals surface area contributed by atoms with Crippen LogP contribution in [0.25, 0.3) is 0 Å². The fourth-order valence-corrected chi connectivity index (χ4v) is 5.37. The van der Waals surface area contributed by atoms with E-state index in [0.29, 0.717) is 59.1 Å². The number of methoxy groups -OCH3 is 3. The van der Waals surface area contributed by atoms with E-state index >= 15 is 0 Å². The minimum absolute atomic E-state index is 0.0108. The molecule has 0 bridgehead atoms. The summed E-state index contributed by atoms with van der Waals surface area (Å²) in [5, 5.41) is 2.83. The van der Waals surface area contributed by atoms with E-state index in [1.165, 1.54) is 11.8 Å². The predicted octanol–water partition coefficient (Wildman–Crippen LogP) is 5.31. The van der Waals surface area contributed by atoms with Crippen LogP contribution < -0.4 is 24.3 Å². The summed E-state index contributed by atoms with van der Waals surface area (Å²) >= 11 is 1.30. The van der Waals surface area contributed by atoms with E-state index in [1.807, 2.05) is 61.5 Å². The van der Waals surface area contributed by atoms with Gasteiger partial charge in [0.1, 0.15) is 16.7 Å². The smallest absolute Gasteiger partial charge is 0.242 e. The lowest BCUT2D eigenvalue weighted by molar-refractivity contribution is -0.128. The molecule has 1 fully saturated rings. The maximum atomic E-state index is 13.5. The number of carbonyl (C=O) groups is 2. The number of ether oxygens (including phenoxy) is 4. The van der Waals surface area contributed by atoms with Crippen LogP contribution in [0, 0.1) is 0 Å². The Morgan fingerprint density at radius 3 is 2.42 bits per heavy atom. The van der Waals surface area contributed by atoms with E-state index < -0.39 is 5.25 Å². The second-order valence-electron chi connectivity index (χ2n) is 8.84. The Hall–Kier alpha value is -4.18. The molecule has 0 saturated carbocycles. The van der Waals surface area contributed by atoms with Gasteiger partial charge in [0, 0.05) is 24.7 Å². The molecule has 1 atom stereocenters. The summed E-state index contributed by atoms with van der Waals surface area (Å²) in [6.07, 6.45) is 0.578. The molecule has 1 N–H and O–H groups in total. The van der Waals surface area contributed by atoms with Gasteiger partial charge in [0.15, 0.2) is 16.7 Å². The number of hydrogen-bond donors (Lipinski definition) is 1. The molecule has 0 aromatic heterocycles. The lowest BCUT2D eigenvalue weighted by Gasteiger charge is -2.17. The number of anilines is 1. The van der Waals surface area contributed by atoms with Crippen molar-refractivity contribution in [1.82, 2.24) is 4.90 Å². The Bertz CT molecular complexity index is 1360. The Kier molecular flexibility index (Phi) is 9.91. The highest BCUT2D eigenvalue weighted by molar-refractivity contribution is 8.15. The van der Waals surface area contributed by atoms with Gasteiger partial charge in [-0.3, -0.25) is 14.5 Å². The Morgan fingerprint density at radius 2 is 1.73 bits per heavy atom. The van der Waals surface area contributed by atoms with Crippen LogP contribution in [0.5, 0.6) is 23.0 Å². The van der Waals surface area contributed by atoms with Crippen LogP contribution in [0.3, 0.4) is 0 Å². The maximum Gasteiger partial charge on any atom is 0.242 e. The molecule has 2 amide bonds. The molecule has 4 rings (SSSR count). The molecule has 10 heteroatoms. The van der Waals surface area contributed by atoms with Crippen molar-refractivity contribution in [3.63, 3.8) is 0 Å². The molecule has 210 valence electrons. The molecule has 0 unspecified atom stereocenters. The molecule has 0 spiro atoms. The summed E-state index contributed by atoms with van der Waals surface area (Å²) in [7, 11) is 4.78. The van der Waals surface area contributed by atoms with E-state index in [4.69, 9.17) is 23.9 Å². The van der Waals surface area contributed by atoms with E-state index in [2.05, 4.69) is 5.32 Å². The third-order valence-corrected chi connectivity index (χ3v) is 7.36. The number of thioether (sulfide) groups is 1. The zero-order chi connectivity index (χ0) is 28.5. The van der Waals surface area contributed by atoms with E-state index in [-0.39, 0.29) is 18.2 Å². The van der Waals surface area contributed by atoms with Gasteiger partial charge in [0.05, 0.1) is 33.6 Å². The van der Waals surface area contributed by atoms with Crippen LogP contribution in [0.1, 0.15) is 18.9 Å². The van der Waals surface area contributed by atoms with E-state index in [1.54, 1.807) is 38.4 Å². The van der Waals surface area contributed by atoms with Gasteiger partial charge in [-0.1, -0.05) is 23.9 Å². The second-order valence-corrected chi connectivity index (χ2v) is 10.0. The number of hydrogen-bond acceptors (Lipinski definition) is 8. The first-order valence-electron chi connectivity index (χ1n) is 12.9. The summed E-state index contributed by atoms with van der Waals surface area (Å²) in [4.78, 5) is 32.9. The first-order valence-corrected chi connectivity index (χ1v) is 13.8. The van der Waals surface area contributed by atoms with E-state index in [0.717, 1.165) is 5.56 Å². The fourth-order valence-electron chi connectivity index (χ4n) is 4.19. The largest absolute Gasteiger partial charge is 0.497 e. The molecule has 1 aliphatic heterocycles. The summed E-state index contributed by atoms with van der Waals surface area (Å²) in [6, 6.07) is 20.2. The molecule has 1 aliphatic rings. The number of amidine groups is 1. The maximum absolute atomic E-state index is 13.5. The van der Waals surface area contributed by atoms with Gasteiger partial charge >= 0.3 is 0 Å². The fraction of sp³-hybridized carbons (Fsp3) is 0.300. The SMILES string of the molecule is CCOc1cccc(NC(=O)C[C@@H]2SC(=Nc3ccc(OC)cc3)N(CCc3ccc(OC)c(OC)c3)C2=O)c1. The van der Waals surface area contributed by atoms with Crippen molar-refractivity contribution in [2.45, 2.75) is 25.0 Å². The Balaban J connectivity index is 1.51. The number of nitrogens with zero attached hydrogens (tertiary/aromatic N) is 2. The minimum atomic E-state index is -0.600. The number of aliphatic imine (C=N–C) groups is 1. The highest BCUT2D eigenvalue weighted by atomic mass is 32.2. The number of carbonyl (C=O) groups excluding carboxylic acids is 2. The van der Waals surface area contributed by atoms with Crippen molar-refractivity contribution in [2.75, 3.05) is 39.8 Å². The van der Waals surface area contributed by atoms with Crippen LogP contribution in [0.4, 0.5) is 11.4 Å². The first-order chi connectivity index (χ1) is 19.4. The summed E-state index contributed by atoms with van der Waals surface area (Å²) in [6.45, 7) is 2.82. The third-order valence-electron chi connectivity index (χ3n) is 6.19. The molecule has 3 aromatic rings. The van der Waals surface area contributed by atoms with Crippen LogP contribution in [-0.2, 0) is 16.0 Å². The van der Waals surface area contributed by atoms with Crippen LogP contribution in [0.15, 0.2) is 71.7 Å². The average molecular weight is 564 g/mol. The number of nitrogens with one attached hydrogen (secondary N) is 1. The molecule has 1 saturated heterocycles. The molecule has 3 aromatic carbocycles. The zero-order valence-electron chi connectivity index (χ0n) is 23.0.